The highest BCUT2D eigenvalue weighted by Gasteiger charge is 2.26. The first-order valence-electron chi connectivity index (χ1n) is 10.7. The number of ether oxygens (including phenoxy) is 1. The fourth-order valence-corrected chi connectivity index (χ4v) is 3.63. The number of nitrogens with two attached hydrogens (primary N) is 2. The van der Waals surface area contributed by atoms with E-state index in [9.17, 15) is 9.59 Å². The lowest BCUT2D eigenvalue weighted by atomic mass is 9.96. The van der Waals surface area contributed by atoms with Crippen LogP contribution in [0.5, 0.6) is 0 Å². The van der Waals surface area contributed by atoms with Crippen molar-refractivity contribution in [3.63, 3.8) is 0 Å². The maximum Gasteiger partial charge on any atom is 0.410 e. The van der Waals surface area contributed by atoms with Crippen LogP contribution in [-0.4, -0.2) is 90.6 Å². The van der Waals surface area contributed by atoms with Crippen molar-refractivity contribution in [3.05, 3.63) is 0 Å². The van der Waals surface area contributed by atoms with Gasteiger partial charge in [-0.05, 0) is 66.1 Å². The average molecular weight is 538 g/mol. The van der Waals surface area contributed by atoms with Crippen LogP contribution in [0.4, 0.5) is 4.79 Å². The second-order valence-electron chi connectivity index (χ2n) is 8.92. The molecule has 0 aromatic heterocycles. The molecule has 10 heteroatoms. The van der Waals surface area contributed by atoms with Gasteiger partial charge in [-0.15, -0.1) is 24.0 Å². The summed E-state index contributed by atoms with van der Waals surface area (Å²) in [4.78, 5) is 34.0. The van der Waals surface area contributed by atoms with Gasteiger partial charge in [0.2, 0.25) is 5.91 Å². The largest absolute Gasteiger partial charge is 0.444 e. The molecule has 9 nitrogen and oxygen atoms in total. The molecule has 0 saturated carbocycles. The lowest BCUT2D eigenvalue weighted by Crippen LogP contribution is -2.53. The van der Waals surface area contributed by atoms with Gasteiger partial charge < -0.3 is 30.9 Å². The maximum atomic E-state index is 12.1. The van der Waals surface area contributed by atoms with E-state index in [2.05, 4.69) is 9.89 Å². The Balaban J connectivity index is 0.00000450. The Morgan fingerprint density at radius 2 is 1.53 bits per heavy atom. The topological polar surface area (TPSA) is 117 Å². The van der Waals surface area contributed by atoms with Crippen LogP contribution in [0.1, 0.15) is 46.5 Å². The minimum atomic E-state index is -0.480. The second kappa shape index (κ2) is 12.5. The third-order valence-electron chi connectivity index (χ3n) is 5.40. The molecule has 2 heterocycles. The van der Waals surface area contributed by atoms with Crippen molar-refractivity contribution >= 4 is 41.9 Å². The molecular formula is C20H39IN6O3. The van der Waals surface area contributed by atoms with Crippen LogP contribution in [0.3, 0.4) is 0 Å². The lowest BCUT2D eigenvalue weighted by molar-refractivity contribution is -0.123. The molecule has 2 aliphatic rings. The summed E-state index contributed by atoms with van der Waals surface area (Å²) in [5.41, 5.74) is 11.0. The summed E-state index contributed by atoms with van der Waals surface area (Å²) in [6, 6.07) is 0. The maximum absolute atomic E-state index is 12.1. The summed E-state index contributed by atoms with van der Waals surface area (Å²) in [6.07, 6.45) is 3.51. The summed E-state index contributed by atoms with van der Waals surface area (Å²) in [5, 5.41) is 0. The number of carbonyl (C=O) groups excluding carboxylic acids is 2. The normalized spacial score (nSPS) is 19.4. The molecule has 4 N–H and O–H groups in total. The van der Waals surface area contributed by atoms with Crippen molar-refractivity contribution in [3.8, 4) is 0 Å². The number of carbonyl (C=O) groups is 2. The van der Waals surface area contributed by atoms with Crippen LogP contribution in [0.15, 0.2) is 4.99 Å². The van der Waals surface area contributed by atoms with Gasteiger partial charge in [0, 0.05) is 38.6 Å². The van der Waals surface area contributed by atoms with Gasteiger partial charge in [0.15, 0.2) is 5.96 Å². The van der Waals surface area contributed by atoms with Crippen molar-refractivity contribution < 1.29 is 14.3 Å². The molecular weight excluding hydrogens is 499 g/mol. The molecule has 30 heavy (non-hydrogen) atoms. The van der Waals surface area contributed by atoms with E-state index in [0.717, 1.165) is 45.3 Å². The molecule has 0 aromatic carbocycles. The number of aliphatic imine (C=N–C) groups is 1. The van der Waals surface area contributed by atoms with Gasteiger partial charge in [-0.3, -0.25) is 9.79 Å². The fourth-order valence-electron chi connectivity index (χ4n) is 3.63. The second-order valence-corrected chi connectivity index (χ2v) is 8.92. The Bertz CT molecular complexity index is 580. The third kappa shape index (κ3) is 9.23. The van der Waals surface area contributed by atoms with Gasteiger partial charge in [-0.1, -0.05) is 0 Å². The highest BCUT2D eigenvalue weighted by molar-refractivity contribution is 14.0. The van der Waals surface area contributed by atoms with E-state index in [4.69, 9.17) is 16.2 Å². The van der Waals surface area contributed by atoms with E-state index in [1.165, 1.54) is 0 Å². The number of amides is 2. The summed E-state index contributed by atoms with van der Waals surface area (Å²) in [7, 11) is 0. The number of piperazine rings is 1. The number of nitrogens with zero attached hydrogens (tertiary/aromatic N) is 4. The third-order valence-corrected chi connectivity index (χ3v) is 5.40. The van der Waals surface area contributed by atoms with E-state index >= 15 is 0 Å². The summed E-state index contributed by atoms with van der Waals surface area (Å²) >= 11 is 0. The predicted molar refractivity (Wildman–Crippen MR) is 129 cm³/mol. The van der Waals surface area contributed by atoms with E-state index < -0.39 is 5.60 Å². The average Bonchev–Trinajstić information content (AvgIpc) is 2.66. The molecule has 0 aliphatic carbocycles. The van der Waals surface area contributed by atoms with Crippen LogP contribution >= 0.6 is 24.0 Å². The molecule has 0 atom stereocenters. The molecule has 2 amide bonds. The van der Waals surface area contributed by atoms with Crippen molar-refractivity contribution in [2.75, 3.05) is 52.4 Å². The van der Waals surface area contributed by atoms with Crippen molar-refractivity contribution in [2.24, 2.45) is 22.4 Å². The molecule has 0 radical (unpaired) electrons. The molecule has 2 aliphatic heterocycles. The Morgan fingerprint density at radius 1 is 0.967 bits per heavy atom. The number of hydrogen-bond donors (Lipinski definition) is 2. The van der Waals surface area contributed by atoms with E-state index in [-0.39, 0.29) is 41.9 Å². The number of halogens is 1. The van der Waals surface area contributed by atoms with Crippen molar-refractivity contribution in [1.29, 1.82) is 0 Å². The van der Waals surface area contributed by atoms with Gasteiger partial charge in [0.05, 0.1) is 0 Å². The highest BCUT2D eigenvalue weighted by Crippen LogP contribution is 2.17. The van der Waals surface area contributed by atoms with Gasteiger partial charge >= 0.3 is 6.09 Å². The number of rotatable bonds is 6. The van der Waals surface area contributed by atoms with E-state index in [0.29, 0.717) is 38.7 Å². The Labute approximate surface area is 197 Å². The molecule has 0 aromatic rings. The summed E-state index contributed by atoms with van der Waals surface area (Å²) in [6.45, 7) is 11.7. The summed E-state index contributed by atoms with van der Waals surface area (Å²) in [5.74, 6) is 0.434. The van der Waals surface area contributed by atoms with Gasteiger partial charge in [-0.2, -0.15) is 0 Å². The standard InChI is InChI=1S/C20H38N6O3.HI/c1-20(2,3)29-19(28)26-14-12-25(13-15-26)18(22)23-8-4-5-9-24-10-6-16(7-11-24)17(21)27;/h16H,4-15H2,1-3H3,(H2,21,27)(H2,22,23);1H. The van der Waals surface area contributed by atoms with Gasteiger partial charge in [0.1, 0.15) is 5.60 Å². The predicted octanol–water partition coefficient (Wildman–Crippen LogP) is 1.45. The first-order valence-corrected chi connectivity index (χ1v) is 10.7. The van der Waals surface area contributed by atoms with Crippen LogP contribution in [0, 0.1) is 5.92 Å². The lowest BCUT2D eigenvalue weighted by Gasteiger charge is -2.36. The Morgan fingerprint density at radius 3 is 2.07 bits per heavy atom. The van der Waals surface area contributed by atoms with Crippen LogP contribution in [-0.2, 0) is 9.53 Å². The van der Waals surface area contributed by atoms with Crippen LogP contribution in [0.25, 0.3) is 0 Å². The quantitative estimate of drug-likeness (QED) is 0.229. The molecule has 0 spiro atoms. The molecule has 0 bridgehead atoms. The molecule has 174 valence electrons. The first kappa shape index (κ1) is 26.7. The molecule has 2 saturated heterocycles. The van der Waals surface area contributed by atoms with E-state index in [1.807, 2.05) is 25.7 Å². The number of likely N-dealkylation sites (tertiary alicyclic amines) is 1. The SMILES string of the molecule is CC(C)(C)OC(=O)N1CCN(C(N)=NCCCCN2CCC(C(N)=O)CC2)CC1.I. The van der Waals surface area contributed by atoms with Crippen LogP contribution < -0.4 is 11.5 Å². The van der Waals surface area contributed by atoms with Crippen LogP contribution in [0.2, 0.25) is 0 Å². The van der Waals surface area contributed by atoms with E-state index in [1.54, 1.807) is 4.90 Å². The zero-order chi connectivity index (χ0) is 21.4. The van der Waals surface area contributed by atoms with Crippen molar-refractivity contribution in [1.82, 2.24) is 14.7 Å². The minimum Gasteiger partial charge on any atom is -0.444 e. The minimum absolute atomic E-state index is 0. The summed E-state index contributed by atoms with van der Waals surface area (Å²) < 4.78 is 5.41. The van der Waals surface area contributed by atoms with Crippen molar-refractivity contribution in [2.45, 2.75) is 52.1 Å². The number of piperidine rings is 1. The molecule has 0 unspecified atom stereocenters. The molecule has 2 fully saturated rings. The van der Waals surface area contributed by atoms with Gasteiger partial charge in [-0.25, -0.2) is 4.79 Å². The molecule has 2 rings (SSSR count). The highest BCUT2D eigenvalue weighted by atomic mass is 127. The number of unbranched alkanes of at least 4 members (excludes halogenated alkanes) is 1. The Hall–Kier alpha value is -1.30. The zero-order valence-corrected chi connectivity index (χ0v) is 21.0. The first-order chi connectivity index (χ1) is 13.7. The fraction of sp³-hybridized carbons (Fsp3) is 0.850. The van der Waals surface area contributed by atoms with Gasteiger partial charge in [0.25, 0.3) is 0 Å². The smallest absolute Gasteiger partial charge is 0.410 e. The Kier molecular flexibility index (Phi) is 11.2. The number of hydrogen-bond acceptors (Lipinski definition) is 5. The number of primary amides is 1. The number of guanidine groups is 1. The monoisotopic (exact) mass is 538 g/mol. The zero-order valence-electron chi connectivity index (χ0n) is 18.6.